The van der Waals surface area contributed by atoms with E-state index in [-0.39, 0.29) is 35.5 Å². The zero-order valence-corrected chi connectivity index (χ0v) is 32.5. The maximum absolute atomic E-state index is 12.0. The third-order valence-electron chi connectivity index (χ3n) is 9.39. The minimum Gasteiger partial charge on any atom is -0.378 e. The van der Waals surface area contributed by atoms with Crippen LogP contribution in [0.4, 0.5) is 11.4 Å². The molecule has 0 aromatic heterocycles. The molecule has 2 aliphatic rings. The van der Waals surface area contributed by atoms with Crippen LogP contribution in [0.3, 0.4) is 0 Å². The highest BCUT2D eigenvalue weighted by molar-refractivity contribution is 7.86. The fourth-order valence-corrected chi connectivity index (χ4v) is 8.79. The van der Waals surface area contributed by atoms with Crippen LogP contribution in [-0.4, -0.2) is 93.9 Å². The second-order valence-electron chi connectivity index (χ2n) is 13.1. The second-order valence-corrected chi connectivity index (χ2v) is 19.1. The predicted octanol–water partition coefficient (Wildman–Crippen LogP) is 4.45. The Balaban J connectivity index is 1.64. The van der Waals surface area contributed by atoms with Crippen molar-refractivity contribution in [2.75, 3.05) is 37.1 Å². The number of hydrogen-bond donors (Lipinski definition) is 5. The lowest BCUT2D eigenvalue weighted by Gasteiger charge is -2.26. The van der Waals surface area contributed by atoms with Crippen LogP contribution in [0.2, 0.25) is 0 Å². The number of hydrogen-bond acceptors (Lipinski definition) is 10. The Morgan fingerprint density at radius 1 is 0.717 bits per heavy atom. The Morgan fingerprint density at radius 2 is 1.25 bits per heavy atom. The molecule has 2 heterocycles. The van der Waals surface area contributed by atoms with Crippen LogP contribution < -0.4 is 5.32 Å². The summed E-state index contributed by atoms with van der Waals surface area (Å²) >= 11 is 0. The van der Waals surface area contributed by atoms with E-state index in [0.717, 1.165) is 0 Å². The van der Waals surface area contributed by atoms with Gasteiger partial charge in [0.2, 0.25) is 5.69 Å². The topological polar surface area (TPSA) is 242 Å². The Hall–Kier alpha value is -3.53. The largest absolute Gasteiger partial charge is 0.378 e. The number of fused-ring (bicyclic) bond motifs is 2. The first kappa shape index (κ1) is 42.2. The number of allylic oxidation sites excluding steroid dienone is 8. The van der Waals surface area contributed by atoms with Gasteiger partial charge in [-0.05, 0) is 81.5 Å². The molecule has 0 fully saturated rings. The van der Waals surface area contributed by atoms with E-state index in [1.165, 1.54) is 37.4 Å². The summed E-state index contributed by atoms with van der Waals surface area (Å²) < 4.78 is 139. The Labute approximate surface area is 310 Å². The molecule has 0 radical (unpaired) electrons. The van der Waals surface area contributed by atoms with Gasteiger partial charge >= 0.3 is 0 Å². The minimum absolute atomic E-state index is 0.0529. The molecule has 290 valence electrons. The lowest BCUT2D eigenvalue weighted by atomic mass is 9.76. The van der Waals surface area contributed by atoms with E-state index >= 15 is 0 Å². The van der Waals surface area contributed by atoms with Crippen molar-refractivity contribution in [1.29, 1.82) is 0 Å². The first-order valence-corrected chi connectivity index (χ1v) is 22.4. The average Bonchev–Trinajstić information content (AvgIpc) is 3.43. The van der Waals surface area contributed by atoms with Crippen LogP contribution >= 0.6 is 0 Å². The minimum atomic E-state index is -4.55. The molecule has 5 N–H and O–H groups in total. The van der Waals surface area contributed by atoms with Gasteiger partial charge in [-0.1, -0.05) is 30.4 Å². The molecular formula is C34H43N2O13S4+. The van der Waals surface area contributed by atoms with Crippen molar-refractivity contribution >= 4 is 57.6 Å². The molecule has 0 aliphatic carbocycles. The van der Waals surface area contributed by atoms with E-state index < -0.39 is 62.8 Å². The maximum atomic E-state index is 12.0. The zero-order chi connectivity index (χ0) is 39.5. The van der Waals surface area contributed by atoms with Gasteiger partial charge in [0.1, 0.15) is 6.61 Å². The van der Waals surface area contributed by atoms with Crippen molar-refractivity contribution in [2.24, 2.45) is 0 Å². The fourth-order valence-electron chi connectivity index (χ4n) is 6.76. The maximum Gasteiger partial charge on any atom is 0.294 e. The molecular weight excluding hydrogens is 773 g/mol. The van der Waals surface area contributed by atoms with Gasteiger partial charge in [-0.15, -0.1) is 0 Å². The van der Waals surface area contributed by atoms with Gasteiger partial charge < -0.3 is 10.1 Å². The first-order chi connectivity index (χ1) is 24.5. The fraction of sp³-hybridized carbons (Fsp3) is 0.382. The normalized spacial score (nSPS) is 21.7. The summed E-state index contributed by atoms with van der Waals surface area (Å²) in [6.07, 6.45) is 12.7. The summed E-state index contributed by atoms with van der Waals surface area (Å²) in [7, 11) is -16.0. The summed E-state index contributed by atoms with van der Waals surface area (Å²) in [6.45, 7) is 4.28. The number of methoxy groups -OCH3 is 1. The van der Waals surface area contributed by atoms with Crippen molar-refractivity contribution in [2.45, 2.75) is 60.2 Å². The molecule has 0 saturated heterocycles. The summed E-state index contributed by atoms with van der Waals surface area (Å²) in [6, 6.07) is 8.29. The standard InChI is InChI=1S/C34H42N2O13S4/c1-33(17-9-21-50(37,38)39)27-23-25(52(43,44)45)13-15-29(27)35-31(33)11-7-5-4-6-8-12-32-34(2,18-10-22-51(40,41)42)28-24-26(53(46,47)48)14-16-30(28)36(32)19-20-49-3/h4-8,11-16,23-24H,9-10,17-22H2,1-3H3,(H4,37,38,39,40,41,42,43,44,45,46,47,48)/p+1. The molecule has 0 saturated carbocycles. The molecule has 15 nitrogen and oxygen atoms in total. The summed E-state index contributed by atoms with van der Waals surface area (Å²) in [5.74, 6) is -1.01. The predicted molar refractivity (Wildman–Crippen MR) is 199 cm³/mol. The quantitative estimate of drug-likeness (QED) is 0.0842. The van der Waals surface area contributed by atoms with Gasteiger partial charge in [-0.25, -0.2) is 0 Å². The molecule has 2 aliphatic heterocycles. The molecule has 53 heavy (non-hydrogen) atoms. The van der Waals surface area contributed by atoms with Gasteiger partial charge in [-0.3, -0.25) is 18.2 Å². The molecule has 2 unspecified atom stereocenters. The van der Waals surface area contributed by atoms with Gasteiger partial charge in [-0.2, -0.15) is 38.2 Å². The van der Waals surface area contributed by atoms with Gasteiger partial charge in [0, 0.05) is 41.6 Å². The number of rotatable bonds is 17. The van der Waals surface area contributed by atoms with E-state index in [9.17, 15) is 51.9 Å². The lowest BCUT2D eigenvalue weighted by Crippen LogP contribution is -2.32. The molecule has 0 amide bonds. The SMILES string of the molecule is COCC[N+]1=C(/C=C/C=C/C=C/C=C2/Nc3ccc(S(=O)(=O)O)cc3C2(C)CCCS(=O)(=O)O)C(C)(CCCS(=O)(=O)O)c2cc(S(=O)(=O)O)ccc21. The third kappa shape index (κ3) is 10.4. The van der Waals surface area contributed by atoms with E-state index in [1.807, 2.05) is 11.5 Å². The van der Waals surface area contributed by atoms with Crippen LogP contribution in [0.15, 0.2) is 94.4 Å². The van der Waals surface area contributed by atoms with Crippen LogP contribution in [0, 0.1) is 0 Å². The van der Waals surface area contributed by atoms with Crippen LogP contribution in [-0.2, 0) is 56.0 Å². The van der Waals surface area contributed by atoms with Gasteiger partial charge in [0.15, 0.2) is 12.3 Å². The molecule has 2 atom stereocenters. The van der Waals surface area contributed by atoms with E-state index in [1.54, 1.807) is 55.5 Å². The third-order valence-corrected chi connectivity index (χ3v) is 12.7. The molecule has 2 aromatic rings. The van der Waals surface area contributed by atoms with Crippen LogP contribution in [0.5, 0.6) is 0 Å². The number of nitrogens with one attached hydrogen (secondary N) is 1. The van der Waals surface area contributed by atoms with E-state index in [2.05, 4.69) is 5.32 Å². The summed E-state index contributed by atoms with van der Waals surface area (Å²) in [5.41, 5.74) is 1.77. The van der Waals surface area contributed by atoms with Crippen LogP contribution in [0.25, 0.3) is 0 Å². The highest BCUT2D eigenvalue weighted by Crippen LogP contribution is 2.47. The summed E-state index contributed by atoms with van der Waals surface area (Å²) in [5, 5.41) is 3.23. The Bertz CT molecular complexity index is 2350. The molecule has 2 aromatic carbocycles. The van der Waals surface area contributed by atoms with Gasteiger partial charge in [0.05, 0.1) is 26.7 Å². The first-order valence-electron chi connectivity index (χ1n) is 16.3. The molecule has 19 heteroatoms. The van der Waals surface area contributed by atoms with Crippen LogP contribution in [0.1, 0.15) is 50.7 Å². The van der Waals surface area contributed by atoms with Crippen molar-refractivity contribution in [3.05, 3.63) is 95.8 Å². The van der Waals surface area contributed by atoms with Crippen molar-refractivity contribution < 1.29 is 61.2 Å². The van der Waals surface area contributed by atoms with Crippen molar-refractivity contribution in [1.82, 2.24) is 0 Å². The smallest absolute Gasteiger partial charge is 0.294 e. The van der Waals surface area contributed by atoms with E-state index in [0.29, 0.717) is 47.1 Å². The second kappa shape index (κ2) is 16.1. The zero-order valence-electron chi connectivity index (χ0n) is 29.2. The monoisotopic (exact) mass is 815 g/mol. The van der Waals surface area contributed by atoms with Crippen molar-refractivity contribution in [3.8, 4) is 0 Å². The molecule has 4 rings (SSSR count). The highest BCUT2D eigenvalue weighted by Gasteiger charge is 2.48. The Morgan fingerprint density at radius 3 is 1.81 bits per heavy atom. The van der Waals surface area contributed by atoms with Crippen molar-refractivity contribution in [3.63, 3.8) is 0 Å². The lowest BCUT2D eigenvalue weighted by molar-refractivity contribution is -0.441. The number of nitrogens with zero attached hydrogens (tertiary/aromatic N) is 1. The molecule has 0 bridgehead atoms. The van der Waals surface area contributed by atoms with Gasteiger partial charge in [0.25, 0.3) is 40.5 Å². The Kier molecular flexibility index (Phi) is 12.8. The molecule has 0 spiro atoms. The number of benzene rings is 2. The highest BCUT2D eigenvalue weighted by atomic mass is 32.2. The average molecular weight is 816 g/mol. The summed E-state index contributed by atoms with van der Waals surface area (Å²) in [4.78, 5) is -0.635. The number of ether oxygens (including phenoxy) is 1. The number of anilines is 1. The van der Waals surface area contributed by atoms with E-state index in [4.69, 9.17) is 4.74 Å².